The summed E-state index contributed by atoms with van der Waals surface area (Å²) in [7, 11) is 0. The number of hydrogen-bond donors (Lipinski definition) is 1. The summed E-state index contributed by atoms with van der Waals surface area (Å²) in [6.07, 6.45) is 0.766. The summed E-state index contributed by atoms with van der Waals surface area (Å²) < 4.78 is 5.19. The van der Waals surface area contributed by atoms with E-state index >= 15 is 0 Å². The van der Waals surface area contributed by atoms with Crippen molar-refractivity contribution in [1.29, 1.82) is 0 Å². The van der Waals surface area contributed by atoms with E-state index in [2.05, 4.69) is 27.2 Å². The summed E-state index contributed by atoms with van der Waals surface area (Å²) in [5.41, 5.74) is 1.20. The van der Waals surface area contributed by atoms with Crippen molar-refractivity contribution in [3.63, 3.8) is 0 Å². The van der Waals surface area contributed by atoms with Gasteiger partial charge in [0, 0.05) is 19.5 Å². The van der Waals surface area contributed by atoms with Crippen LogP contribution in [0.3, 0.4) is 0 Å². The first-order valence-corrected chi connectivity index (χ1v) is 6.50. The number of hydrogen-bond acceptors (Lipinski definition) is 5. The minimum Gasteiger partial charge on any atom is -0.395 e. The molecule has 0 fully saturated rings. The maximum Gasteiger partial charge on any atom is 0.240 e. The molecule has 102 valence electrons. The van der Waals surface area contributed by atoms with Crippen molar-refractivity contribution in [3.8, 4) is 0 Å². The first-order valence-electron chi connectivity index (χ1n) is 6.50. The van der Waals surface area contributed by atoms with Crippen LogP contribution in [0.15, 0.2) is 34.9 Å². The molecule has 5 heteroatoms. The van der Waals surface area contributed by atoms with E-state index in [4.69, 9.17) is 9.63 Å². The first kappa shape index (κ1) is 13.7. The first-order chi connectivity index (χ1) is 9.31. The average Bonchev–Trinajstić information content (AvgIpc) is 2.88. The van der Waals surface area contributed by atoms with E-state index in [1.54, 1.807) is 0 Å². The molecular formula is C14H19N3O2. The summed E-state index contributed by atoms with van der Waals surface area (Å²) in [5.74, 6) is 1.32. The fourth-order valence-electron chi connectivity index (χ4n) is 1.89. The van der Waals surface area contributed by atoms with Gasteiger partial charge in [0.25, 0.3) is 0 Å². The highest BCUT2D eigenvalue weighted by Gasteiger charge is 2.11. The Morgan fingerprint density at radius 2 is 2.00 bits per heavy atom. The monoisotopic (exact) mass is 261 g/mol. The Labute approximate surface area is 112 Å². The summed E-state index contributed by atoms with van der Waals surface area (Å²) in [6.45, 7) is 4.00. The standard InChI is InChI=1S/C14H19N3O2/c1-2-13-15-14(19-16-13)11-17(8-9-18)10-12-6-4-3-5-7-12/h3-7,18H,2,8-11H2,1H3. The smallest absolute Gasteiger partial charge is 0.240 e. The maximum absolute atomic E-state index is 9.14. The van der Waals surface area contributed by atoms with E-state index in [-0.39, 0.29) is 6.61 Å². The lowest BCUT2D eigenvalue weighted by molar-refractivity contribution is 0.167. The molecule has 0 atom stereocenters. The lowest BCUT2D eigenvalue weighted by Crippen LogP contribution is -2.26. The topological polar surface area (TPSA) is 62.4 Å². The maximum atomic E-state index is 9.14. The molecule has 0 saturated carbocycles. The molecule has 0 bridgehead atoms. The Balaban J connectivity index is 1.99. The number of aromatic nitrogens is 2. The van der Waals surface area contributed by atoms with Crippen LogP contribution in [0.4, 0.5) is 0 Å². The molecule has 19 heavy (non-hydrogen) atoms. The molecule has 2 aromatic rings. The molecular weight excluding hydrogens is 242 g/mol. The predicted molar refractivity (Wildman–Crippen MR) is 71.3 cm³/mol. The minimum atomic E-state index is 0.113. The van der Waals surface area contributed by atoms with Crippen molar-refractivity contribution < 1.29 is 9.63 Å². The fourth-order valence-corrected chi connectivity index (χ4v) is 1.89. The van der Waals surface area contributed by atoms with Crippen LogP contribution in [-0.2, 0) is 19.5 Å². The third-order valence-corrected chi connectivity index (χ3v) is 2.85. The third-order valence-electron chi connectivity index (χ3n) is 2.85. The molecule has 2 rings (SSSR count). The lowest BCUT2D eigenvalue weighted by atomic mass is 10.2. The Hall–Kier alpha value is -1.72. The molecule has 5 nitrogen and oxygen atoms in total. The molecule has 1 aromatic carbocycles. The number of aliphatic hydroxyl groups excluding tert-OH is 1. The van der Waals surface area contributed by atoms with Crippen LogP contribution in [0.25, 0.3) is 0 Å². The zero-order chi connectivity index (χ0) is 13.5. The largest absolute Gasteiger partial charge is 0.395 e. The van der Waals surface area contributed by atoms with Gasteiger partial charge >= 0.3 is 0 Å². The van der Waals surface area contributed by atoms with E-state index in [9.17, 15) is 0 Å². The van der Waals surface area contributed by atoms with Gasteiger partial charge in [0.05, 0.1) is 13.2 Å². The van der Waals surface area contributed by atoms with Crippen molar-refractivity contribution in [2.45, 2.75) is 26.4 Å². The van der Waals surface area contributed by atoms with Gasteiger partial charge in [-0.2, -0.15) is 4.98 Å². The molecule has 0 amide bonds. The summed E-state index contributed by atoms with van der Waals surface area (Å²) in [6, 6.07) is 10.1. The van der Waals surface area contributed by atoms with Crippen LogP contribution < -0.4 is 0 Å². The Morgan fingerprint density at radius 1 is 1.21 bits per heavy atom. The third kappa shape index (κ3) is 4.15. The minimum absolute atomic E-state index is 0.113. The fraction of sp³-hybridized carbons (Fsp3) is 0.429. The van der Waals surface area contributed by atoms with Crippen molar-refractivity contribution in [3.05, 3.63) is 47.6 Å². The molecule has 0 spiro atoms. The highest BCUT2D eigenvalue weighted by atomic mass is 16.5. The van der Waals surface area contributed by atoms with Crippen molar-refractivity contribution in [2.75, 3.05) is 13.2 Å². The summed E-state index contributed by atoms with van der Waals surface area (Å²) >= 11 is 0. The normalized spacial score (nSPS) is 11.1. The predicted octanol–water partition coefficient (Wildman–Crippen LogP) is 1.63. The number of benzene rings is 1. The SMILES string of the molecule is CCc1noc(CN(CCO)Cc2ccccc2)n1. The second kappa shape index (κ2) is 7.01. The van der Waals surface area contributed by atoms with Crippen LogP contribution in [0.5, 0.6) is 0 Å². The van der Waals surface area contributed by atoms with Crippen molar-refractivity contribution >= 4 is 0 Å². The highest BCUT2D eigenvalue weighted by molar-refractivity contribution is 5.14. The second-order valence-electron chi connectivity index (χ2n) is 4.38. The van der Waals surface area contributed by atoms with Gasteiger partial charge in [-0.3, -0.25) is 4.90 Å². The molecule has 0 aliphatic heterocycles. The molecule has 0 radical (unpaired) electrons. The van der Waals surface area contributed by atoms with Gasteiger partial charge in [-0.05, 0) is 5.56 Å². The molecule has 1 heterocycles. The number of rotatable bonds is 7. The second-order valence-corrected chi connectivity index (χ2v) is 4.38. The molecule has 0 saturated heterocycles. The van der Waals surface area contributed by atoms with Crippen LogP contribution in [0, 0.1) is 0 Å². The zero-order valence-corrected chi connectivity index (χ0v) is 11.1. The molecule has 0 unspecified atom stereocenters. The summed E-state index contributed by atoms with van der Waals surface area (Å²) in [4.78, 5) is 6.38. The van der Waals surface area contributed by atoms with Gasteiger partial charge in [0.2, 0.25) is 5.89 Å². The number of nitrogens with zero attached hydrogens (tertiary/aromatic N) is 3. The molecule has 0 aliphatic carbocycles. The van der Waals surface area contributed by atoms with Gasteiger partial charge in [-0.25, -0.2) is 0 Å². The molecule has 0 aliphatic rings. The Morgan fingerprint density at radius 3 is 2.63 bits per heavy atom. The molecule has 1 aromatic heterocycles. The van der Waals surface area contributed by atoms with E-state index in [1.165, 1.54) is 5.56 Å². The van der Waals surface area contributed by atoms with Gasteiger partial charge in [-0.1, -0.05) is 42.4 Å². The van der Waals surface area contributed by atoms with E-state index in [0.717, 1.165) is 18.8 Å². The van der Waals surface area contributed by atoms with Gasteiger partial charge < -0.3 is 9.63 Å². The van der Waals surface area contributed by atoms with Gasteiger partial charge in [0.15, 0.2) is 5.82 Å². The van der Waals surface area contributed by atoms with Crippen LogP contribution >= 0.6 is 0 Å². The van der Waals surface area contributed by atoms with Crippen LogP contribution in [0.2, 0.25) is 0 Å². The van der Waals surface area contributed by atoms with Crippen LogP contribution in [-0.4, -0.2) is 33.3 Å². The number of aryl methyl sites for hydroxylation is 1. The average molecular weight is 261 g/mol. The van der Waals surface area contributed by atoms with E-state index in [0.29, 0.717) is 19.0 Å². The van der Waals surface area contributed by atoms with Gasteiger partial charge in [-0.15, -0.1) is 0 Å². The summed E-state index contributed by atoms with van der Waals surface area (Å²) in [5, 5.41) is 13.0. The number of aliphatic hydroxyl groups is 1. The Kier molecular flexibility index (Phi) is 5.06. The zero-order valence-electron chi connectivity index (χ0n) is 11.1. The lowest BCUT2D eigenvalue weighted by Gasteiger charge is -2.19. The van der Waals surface area contributed by atoms with E-state index < -0.39 is 0 Å². The van der Waals surface area contributed by atoms with Gasteiger partial charge in [0.1, 0.15) is 0 Å². The van der Waals surface area contributed by atoms with Crippen molar-refractivity contribution in [1.82, 2.24) is 15.0 Å². The van der Waals surface area contributed by atoms with Crippen LogP contribution in [0.1, 0.15) is 24.2 Å². The van der Waals surface area contributed by atoms with E-state index in [1.807, 2.05) is 25.1 Å². The van der Waals surface area contributed by atoms with Crippen molar-refractivity contribution in [2.24, 2.45) is 0 Å². The Bertz CT molecular complexity index is 484. The quantitative estimate of drug-likeness (QED) is 0.820. The highest BCUT2D eigenvalue weighted by Crippen LogP contribution is 2.08. The molecule has 1 N–H and O–H groups in total.